The van der Waals surface area contributed by atoms with Gasteiger partial charge in [0.15, 0.2) is 0 Å². The van der Waals surface area contributed by atoms with Crippen molar-refractivity contribution in [1.29, 1.82) is 0 Å². The van der Waals surface area contributed by atoms with Crippen LogP contribution in [0.2, 0.25) is 0 Å². The Morgan fingerprint density at radius 3 is 2.58 bits per heavy atom. The van der Waals surface area contributed by atoms with Gasteiger partial charge >= 0.3 is 0 Å². The Kier molecular flexibility index (Phi) is 5.25. The molecule has 19 heavy (non-hydrogen) atoms. The van der Waals surface area contributed by atoms with Gasteiger partial charge < -0.3 is 11.1 Å². The molecule has 1 aromatic carbocycles. The molecule has 0 atom stereocenters. The Bertz CT molecular complexity index is 440. The first-order chi connectivity index (χ1) is 9.15. The minimum absolute atomic E-state index is 0.0842. The first-order valence-corrected chi connectivity index (χ1v) is 7.79. The summed E-state index contributed by atoms with van der Waals surface area (Å²) in [7, 11) is 0. The number of nitrogens with two attached hydrogens (primary N) is 1. The molecule has 0 saturated heterocycles. The van der Waals surface area contributed by atoms with E-state index in [1.807, 2.05) is 12.1 Å². The highest BCUT2D eigenvalue weighted by molar-refractivity contribution is 9.10. The molecule has 1 saturated carbocycles. The molecule has 2 rings (SSSR count). The van der Waals surface area contributed by atoms with E-state index in [-0.39, 0.29) is 5.91 Å². The van der Waals surface area contributed by atoms with Crippen LogP contribution in [0.25, 0.3) is 0 Å². The third kappa shape index (κ3) is 4.53. The quantitative estimate of drug-likeness (QED) is 0.642. The van der Waals surface area contributed by atoms with Crippen LogP contribution < -0.4 is 11.1 Å². The van der Waals surface area contributed by atoms with Crippen LogP contribution in [0.1, 0.15) is 44.9 Å². The maximum Gasteiger partial charge on any atom is 0.224 e. The molecule has 0 unspecified atom stereocenters. The van der Waals surface area contributed by atoms with Gasteiger partial charge in [0.05, 0.1) is 11.4 Å². The SMILES string of the molecule is Nc1cc(Br)ccc1NC(=O)CC1CCCCCC1. The van der Waals surface area contributed by atoms with Gasteiger partial charge in [-0.1, -0.05) is 41.6 Å². The van der Waals surface area contributed by atoms with Crippen LogP contribution in [0.4, 0.5) is 11.4 Å². The fourth-order valence-electron chi connectivity index (χ4n) is 2.68. The van der Waals surface area contributed by atoms with Gasteiger partial charge in [0.2, 0.25) is 5.91 Å². The molecule has 104 valence electrons. The van der Waals surface area contributed by atoms with E-state index < -0.39 is 0 Å². The summed E-state index contributed by atoms with van der Waals surface area (Å²) in [5.74, 6) is 0.625. The zero-order chi connectivity index (χ0) is 13.7. The first kappa shape index (κ1) is 14.4. The smallest absolute Gasteiger partial charge is 0.224 e. The van der Waals surface area contributed by atoms with E-state index in [1.165, 1.54) is 38.5 Å². The third-order valence-corrected chi connectivity index (χ3v) is 4.23. The van der Waals surface area contributed by atoms with Gasteiger partial charge in [0.1, 0.15) is 0 Å². The van der Waals surface area contributed by atoms with Gasteiger partial charge in [0.25, 0.3) is 0 Å². The number of halogens is 1. The number of anilines is 2. The summed E-state index contributed by atoms with van der Waals surface area (Å²) < 4.78 is 0.923. The zero-order valence-corrected chi connectivity index (χ0v) is 12.7. The predicted molar refractivity (Wildman–Crippen MR) is 83.0 cm³/mol. The molecule has 3 nitrogen and oxygen atoms in total. The zero-order valence-electron chi connectivity index (χ0n) is 11.1. The number of nitrogens with one attached hydrogen (secondary N) is 1. The van der Waals surface area contributed by atoms with Gasteiger partial charge in [-0.15, -0.1) is 0 Å². The van der Waals surface area contributed by atoms with Crippen LogP contribution in [-0.4, -0.2) is 5.91 Å². The van der Waals surface area contributed by atoms with E-state index >= 15 is 0 Å². The fourth-order valence-corrected chi connectivity index (χ4v) is 3.06. The second-order valence-corrected chi connectivity index (χ2v) is 6.26. The lowest BCUT2D eigenvalue weighted by Gasteiger charge is -2.14. The molecule has 0 radical (unpaired) electrons. The Labute approximate surface area is 123 Å². The summed E-state index contributed by atoms with van der Waals surface area (Å²) in [6.07, 6.45) is 8.15. The maximum atomic E-state index is 12.1. The third-order valence-electron chi connectivity index (χ3n) is 3.74. The second kappa shape index (κ2) is 6.94. The van der Waals surface area contributed by atoms with E-state index in [1.54, 1.807) is 6.07 Å². The summed E-state index contributed by atoms with van der Waals surface area (Å²) in [5, 5.41) is 2.92. The van der Waals surface area contributed by atoms with Crippen molar-refractivity contribution in [2.24, 2.45) is 5.92 Å². The lowest BCUT2D eigenvalue weighted by atomic mass is 9.96. The van der Waals surface area contributed by atoms with Crippen molar-refractivity contribution in [2.45, 2.75) is 44.9 Å². The largest absolute Gasteiger partial charge is 0.397 e. The topological polar surface area (TPSA) is 55.1 Å². The summed E-state index contributed by atoms with van der Waals surface area (Å²) in [5.41, 5.74) is 7.19. The van der Waals surface area contributed by atoms with Gasteiger partial charge in [-0.25, -0.2) is 0 Å². The monoisotopic (exact) mass is 324 g/mol. The molecule has 0 spiro atoms. The number of carbonyl (C=O) groups is 1. The Balaban J connectivity index is 1.89. The number of benzene rings is 1. The Morgan fingerprint density at radius 2 is 1.95 bits per heavy atom. The highest BCUT2D eigenvalue weighted by atomic mass is 79.9. The van der Waals surface area contributed by atoms with E-state index in [0.29, 0.717) is 23.7 Å². The van der Waals surface area contributed by atoms with E-state index in [4.69, 9.17) is 5.73 Å². The Hall–Kier alpha value is -1.03. The summed E-state index contributed by atoms with van der Waals surface area (Å²) in [6, 6.07) is 5.53. The van der Waals surface area contributed by atoms with Crippen LogP contribution in [0.5, 0.6) is 0 Å². The minimum Gasteiger partial charge on any atom is -0.397 e. The number of carbonyl (C=O) groups excluding carboxylic acids is 1. The summed E-state index contributed by atoms with van der Waals surface area (Å²) >= 11 is 3.36. The molecule has 1 amide bonds. The van der Waals surface area contributed by atoms with E-state index in [9.17, 15) is 4.79 Å². The fraction of sp³-hybridized carbons (Fsp3) is 0.533. The highest BCUT2D eigenvalue weighted by Gasteiger charge is 2.16. The standard InChI is InChI=1S/C15H21BrN2O/c16-12-7-8-14(13(17)10-12)18-15(19)9-11-5-3-1-2-4-6-11/h7-8,10-11H,1-6,9,17H2,(H,18,19). The molecule has 0 aliphatic heterocycles. The van der Waals surface area contributed by atoms with Crippen LogP contribution in [0, 0.1) is 5.92 Å². The van der Waals surface area contributed by atoms with Gasteiger partial charge in [0, 0.05) is 10.9 Å². The van der Waals surface area contributed by atoms with Crippen molar-refractivity contribution in [2.75, 3.05) is 11.1 Å². The second-order valence-electron chi connectivity index (χ2n) is 5.34. The number of hydrogen-bond acceptors (Lipinski definition) is 2. The van der Waals surface area contributed by atoms with Gasteiger partial charge in [-0.3, -0.25) is 4.79 Å². The first-order valence-electron chi connectivity index (χ1n) is 7.00. The van der Waals surface area contributed by atoms with Crippen molar-refractivity contribution < 1.29 is 4.79 Å². The molecule has 4 heteroatoms. The molecule has 3 N–H and O–H groups in total. The average molecular weight is 325 g/mol. The van der Waals surface area contributed by atoms with Crippen molar-refractivity contribution in [3.63, 3.8) is 0 Å². The molecule has 0 bridgehead atoms. The molecule has 0 heterocycles. The molecule has 1 aromatic rings. The highest BCUT2D eigenvalue weighted by Crippen LogP contribution is 2.27. The maximum absolute atomic E-state index is 12.1. The van der Waals surface area contributed by atoms with Crippen molar-refractivity contribution in [3.8, 4) is 0 Å². The molecule has 1 aliphatic carbocycles. The number of hydrogen-bond donors (Lipinski definition) is 2. The van der Waals surface area contributed by atoms with Crippen molar-refractivity contribution >= 4 is 33.2 Å². The summed E-state index contributed by atoms with van der Waals surface area (Å²) in [6.45, 7) is 0. The number of nitrogen functional groups attached to an aromatic ring is 1. The van der Waals surface area contributed by atoms with Crippen molar-refractivity contribution in [1.82, 2.24) is 0 Å². The summed E-state index contributed by atoms with van der Waals surface area (Å²) in [4.78, 5) is 12.1. The predicted octanol–water partition coefficient (Wildman–Crippen LogP) is 4.33. The van der Waals surface area contributed by atoms with Crippen LogP contribution in [-0.2, 0) is 4.79 Å². The van der Waals surface area contributed by atoms with Crippen LogP contribution >= 0.6 is 15.9 Å². The van der Waals surface area contributed by atoms with Gasteiger partial charge in [-0.05, 0) is 37.0 Å². The molecular formula is C15H21BrN2O. The van der Waals surface area contributed by atoms with Crippen molar-refractivity contribution in [3.05, 3.63) is 22.7 Å². The molecule has 1 fully saturated rings. The van der Waals surface area contributed by atoms with E-state index in [2.05, 4.69) is 21.2 Å². The van der Waals surface area contributed by atoms with E-state index in [0.717, 1.165) is 4.47 Å². The normalized spacial score (nSPS) is 16.9. The molecule has 1 aliphatic rings. The van der Waals surface area contributed by atoms with Crippen LogP contribution in [0.15, 0.2) is 22.7 Å². The number of amides is 1. The molecular weight excluding hydrogens is 304 g/mol. The average Bonchev–Trinajstić information content (AvgIpc) is 2.61. The molecule has 0 aromatic heterocycles. The lowest BCUT2D eigenvalue weighted by Crippen LogP contribution is -2.17. The number of rotatable bonds is 3. The van der Waals surface area contributed by atoms with Gasteiger partial charge in [-0.2, -0.15) is 0 Å². The lowest BCUT2D eigenvalue weighted by molar-refractivity contribution is -0.117. The van der Waals surface area contributed by atoms with Crippen LogP contribution in [0.3, 0.4) is 0 Å². The minimum atomic E-state index is 0.0842. The Morgan fingerprint density at radius 1 is 1.26 bits per heavy atom.